The van der Waals surface area contributed by atoms with E-state index >= 15 is 0 Å². The number of para-hydroxylation sites is 1. The molecule has 1 saturated heterocycles. The third-order valence-electron chi connectivity index (χ3n) is 5.05. The van der Waals surface area contributed by atoms with E-state index in [-0.39, 0.29) is 18.5 Å². The summed E-state index contributed by atoms with van der Waals surface area (Å²) in [5.41, 5.74) is 1.61. The van der Waals surface area contributed by atoms with Crippen molar-refractivity contribution in [3.8, 4) is 0 Å². The molecule has 1 amide bonds. The van der Waals surface area contributed by atoms with E-state index < -0.39 is 11.7 Å². The molecule has 1 N–H and O–H groups in total. The second-order valence-electron chi connectivity index (χ2n) is 6.95. The molecule has 0 aliphatic carbocycles. The van der Waals surface area contributed by atoms with Crippen molar-refractivity contribution < 1.29 is 18.7 Å². The van der Waals surface area contributed by atoms with Crippen LogP contribution in [0.25, 0.3) is 10.9 Å². The monoisotopic (exact) mass is 380 g/mol. The summed E-state index contributed by atoms with van der Waals surface area (Å²) in [6.45, 7) is 1.30. The molecule has 1 aromatic heterocycles. The molecule has 144 valence electrons. The van der Waals surface area contributed by atoms with Gasteiger partial charge in [0.25, 0.3) is 11.7 Å². The summed E-state index contributed by atoms with van der Waals surface area (Å²) in [4.78, 5) is 25.1. The summed E-state index contributed by atoms with van der Waals surface area (Å²) in [5, 5.41) is 3.35. The molecule has 2 heterocycles. The van der Waals surface area contributed by atoms with Crippen LogP contribution in [0.1, 0.15) is 28.8 Å². The number of rotatable bonds is 6. The number of fused-ring (bicyclic) bond motifs is 1. The molecule has 1 aliphatic rings. The van der Waals surface area contributed by atoms with Crippen LogP contribution in [0.4, 0.5) is 4.39 Å². The summed E-state index contributed by atoms with van der Waals surface area (Å²) in [5.74, 6) is -1.55. The third kappa shape index (κ3) is 3.68. The highest BCUT2D eigenvalue weighted by Gasteiger charge is 2.23. The molecular formula is C22H21FN2O3. The van der Waals surface area contributed by atoms with E-state index in [1.165, 1.54) is 6.07 Å². The Morgan fingerprint density at radius 3 is 2.71 bits per heavy atom. The number of ketones is 1. The molecule has 3 aromatic rings. The van der Waals surface area contributed by atoms with Crippen molar-refractivity contribution in [2.24, 2.45) is 0 Å². The maximum absolute atomic E-state index is 14.1. The van der Waals surface area contributed by atoms with Crippen LogP contribution >= 0.6 is 0 Å². The van der Waals surface area contributed by atoms with Crippen molar-refractivity contribution in [2.45, 2.75) is 25.5 Å². The molecule has 0 saturated carbocycles. The molecule has 0 bridgehead atoms. The van der Waals surface area contributed by atoms with Crippen LogP contribution in [0.3, 0.4) is 0 Å². The Kier molecular flexibility index (Phi) is 5.21. The maximum Gasteiger partial charge on any atom is 0.292 e. The number of nitrogens with one attached hydrogen (secondary N) is 1. The normalized spacial score (nSPS) is 16.4. The number of amides is 1. The van der Waals surface area contributed by atoms with Gasteiger partial charge in [-0.15, -0.1) is 0 Å². The first kappa shape index (κ1) is 18.4. The Hall–Kier alpha value is -2.99. The summed E-state index contributed by atoms with van der Waals surface area (Å²) >= 11 is 0. The van der Waals surface area contributed by atoms with Crippen LogP contribution in [0.15, 0.2) is 54.7 Å². The smallest absolute Gasteiger partial charge is 0.292 e. The van der Waals surface area contributed by atoms with Gasteiger partial charge in [0.2, 0.25) is 0 Å². The van der Waals surface area contributed by atoms with Gasteiger partial charge in [-0.25, -0.2) is 4.39 Å². The molecule has 0 spiro atoms. The minimum Gasteiger partial charge on any atom is -0.376 e. The highest BCUT2D eigenvalue weighted by atomic mass is 19.1. The quantitative estimate of drug-likeness (QED) is 0.527. The fourth-order valence-corrected chi connectivity index (χ4v) is 3.58. The van der Waals surface area contributed by atoms with Crippen LogP contribution in [0.2, 0.25) is 0 Å². The number of carbonyl (C=O) groups is 2. The maximum atomic E-state index is 14.1. The van der Waals surface area contributed by atoms with E-state index in [1.807, 2.05) is 18.2 Å². The molecule has 0 unspecified atom stereocenters. The minimum atomic E-state index is -0.649. The van der Waals surface area contributed by atoms with Gasteiger partial charge in [-0.05, 0) is 25.0 Å². The lowest BCUT2D eigenvalue weighted by Crippen LogP contribution is -2.36. The van der Waals surface area contributed by atoms with E-state index in [1.54, 1.807) is 35.0 Å². The molecule has 6 heteroatoms. The molecule has 2 aromatic carbocycles. The molecule has 1 aliphatic heterocycles. The number of benzene rings is 2. The fraction of sp³-hybridized carbons (Fsp3) is 0.273. The van der Waals surface area contributed by atoms with Crippen LogP contribution in [-0.2, 0) is 16.1 Å². The topological polar surface area (TPSA) is 60.3 Å². The molecule has 5 nitrogen and oxygen atoms in total. The lowest BCUT2D eigenvalue weighted by atomic mass is 10.1. The molecule has 1 atom stereocenters. The Balaban J connectivity index is 1.59. The zero-order valence-electron chi connectivity index (χ0n) is 15.4. The predicted molar refractivity (Wildman–Crippen MR) is 104 cm³/mol. The summed E-state index contributed by atoms with van der Waals surface area (Å²) in [7, 11) is 0. The van der Waals surface area contributed by atoms with Gasteiger partial charge < -0.3 is 14.6 Å². The standard InChI is InChI=1S/C22H21FN2O3/c23-19-9-3-1-6-15(19)13-25-14-18(17-8-2-4-10-20(17)25)21(26)22(27)24-12-16-7-5-11-28-16/h1-4,6,8-10,14,16H,5,7,11-13H2,(H,24,27)/t16-/m0/s1. The van der Waals surface area contributed by atoms with Crippen LogP contribution in [0, 0.1) is 5.82 Å². The predicted octanol–water partition coefficient (Wildman–Crippen LogP) is 3.31. The Morgan fingerprint density at radius 2 is 1.93 bits per heavy atom. The van der Waals surface area contributed by atoms with Crippen molar-refractivity contribution in [3.63, 3.8) is 0 Å². The lowest BCUT2D eigenvalue weighted by Gasteiger charge is -2.09. The van der Waals surface area contributed by atoms with Gasteiger partial charge in [0.05, 0.1) is 18.2 Å². The number of nitrogens with zero attached hydrogens (tertiary/aromatic N) is 1. The number of hydrogen-bond acceptors (Lipinski definition) is 3. The summed E-state index contributed by atoms with van der Waals surface area (Å²) in [6.07, 6.45) is 3.46. The minimum absolute atomic E-state index is 0.0286. The van der Waals surface area contributed by atoms with Gasteiger partial charge >= 0.3 is 0 Å². The third-order valence-corrected chi connectivity index (χ3v) is 5.05. The average molecular weight is 380 g/mol. The highest BCUT2D eigenvalue weighted by molar-refractivity contribution is 6.45. The molecule has 1 fully saturated rings. The first-order valence-corrected chi connectivity index (χ1v) is 9.39. The van der Waals surface area contributed by atoms with E-state index in [9.17, 15) is 14.0 Å². The molecule has 28 heavy (non-hydrogen) atoms. The van der Waals surface area contributed by atoms with E-state index in [0.717, 1.165) is 18.4 Å². The number of Topliss-reactive ketones (excluding diaryl/α,β-unsaturated/α-hetero) is 1. The number of ether oxygens (including phenoxy) is 1. The van der Waals surface area contributed by atoms with Gasteiger partial charge in [-0.3, -0.25) is 9.59 Å². The number of halogens is 1. The molecular weight excluding hydrogens is 359 g/mol. The fourth-order valence-electron chi connectivity index (χ4n) is 3.58. The lowest BCUT2D eigenvalue weighted by molar-refractivity contribution is -0.117. The van der Waals surface area contributed by atoms with Crippen molar-refractivity contribution in [2.75, 3.05) is 13.2 Å². The van der Waals surface area contributed by atoms with Crippen molar-refractivity contribution >= 4 is 22.6 Å². The van der Waals surface area contributed by atoms with Crippen molar-refractivity contribution in [1.29, 1.82) is 0 Å². The largest absolute Gasteiger partial charge is 0.376 e. The van der Waals surface area contributed by atoms with Crippen LogP contribution in [-0.4, -0.2) is 35.5 Å². The van der Waals surface area contributed by atoms with Gasteiger partial charge in [0, 0.05) is 35.8 Å². The SMILES string of the molecule is O=C(NC[C@@H]1CCCO1)C(=O)c1cn(Cc2ccccc2F)c2ccccc12. The van der Waals surface area contributed by atoms with E-state index in [4.69, 9.17) is 4.74 Å². The number of hydrogen-bond donors (Lipinski definition) is 1. The van der Waals surface area contributed by atoms with Gasteiger partial charge in [-0.1, -0.05) is 36.4 Å². The van der Waals surface area contributed by atoms with Gasteiger partial charge in [-0.2, -0.15) is 0 Å². The van der Waals surface area contributed by atoms with Crippen LogP contribution < -0.4 is 5.32 Å². The van der Waals surface area contributed by atoms with Crippen LogP contribution in [0.5, 0.6) is 0 Å². The zero-order valence-corrected chi connectivity index (χ0v) is 15.4. The van der Waals surface area contributed by atoms with Crippen molar-refractivity contribution in [1.82, 2.24) is 9.88 Å². The summed E-state index contributed by atoms with van der Waals surface area (Å²) < 4.78 is 21.3. The molecule has 0 radical (unpaired) electrons. The Labute approximate surface area is 162 Å². The summed E-state index contributed by atoms with van der Waals surface area (Å²) in [6, 6.07) is 13.9. The van der Waals surface area contributed by atoms with Crippen molar-refractivity contribution in [3.05, 3.63) is 71.7 Å². The second-order valence-corrected chi connectivity index (χ2v) is 6.95. The number of carbonyl (C=O) groups excluding carboxylic acids is 2. The number of aromatic nitrogens is 1. The van der Waals surface area contributed by atoms with E-state index in [0.29, 0.717) is 29.7 Å². The average Bonchev–Trinajstić information content (AvgIpc) is 3.36. The first-order chi connectivity index (χ1) is 13.6. The highest BCUT2D eigenvalue weighted by Crippen LogP contribution is 2.23. The van der Waals surface area contributed by atoms with Gasteiger partial charge in [0.1, 0.15) is 5.82 Å². The molecule has 4 rings (SSSR count). The Bertz CT molecular complexity index is 1020. The van der Waals surface area contributed by atoms with Gasteiger partial charge in [0.15, 0.2) is 0 Å². The second kappa shape index (κ2) is 7.94. The first-order valence-electron chi connectivity index (χ1n) is 9.39. The zero-order chi connectivity index (χ0) is 19.5. The Morgan fingerprint density at radius 1 is 1.14 bits per heavy atom. The van der Waals surface area contributed by atoms with E-state index in [2.05, 4.69) is 5.32 Å².